The zero-order chi connectivity index (χ0) is 26.3. The number of nitriles is 1. The summed E-state index contributed by atoms with van der Waals surface area (Å²) in [5, 5.41) is 11.0. The minimum absolute atomic E-state index is 0.197. The Labute approximate surface area is 211 Å². The van der Waals surface area contributed by atoms with E-state index in [1.54, 1.807) is 30.3 Å². The predicted molar refractivity (Wildman–Crippen MR) is 138 cm³/mol. The number of ether oxygens (including phenoxy) is 1. The van der Waals surface area contributed by atoms with Crippen LogP contribution in [0.5, 0.6) is 11.5 Å². The first-order valence-corrected chi connectivity index (χ1v) is 12.7. The number of nitrogens with zero attached hydrogens (tertiary/aromatic N) is 3. The number of aromatic amines is 1. The average Bonchev–Trinajstić information content (AvgIpc) is 3.26. The highest BCUT2D eigenvalue weighted by Gasteiger charge is 2.20. The molecule has 37 heavy (non-hydrogen) atoms. The molecule has 188 valence electrons. The Morgan fingerprint density at radius 2 is 1.97 bits per heavy atom. The van der Waals surface area contributed by atoms with Crippen molar-refractivity contribution in [1.29, 1.82) is 5.26 Å². The molecule has 0 aliphatic heterocycles. The van der Waals surface area contributed by atoms with Crippen LogP contribution in [0.1, 0.15) is 25.3 Å². The molecule has 5 rings (SSSR count). The van der Waals surface area contributed by atoms with Gasteiger partial charge in [-0.3, -0.25) is 9.78 Å². The molecule has 0 bridgehead atoms. The topological polar surface area (TPSA) is 127 Å². The number of H-pyrrole nitrogens is 1. The van der Waals surface area contributed by atoms with Crippen molar-refractivity contribution in [3.05, 3.63) is 64.6 Å². The summed E-state index contributed by atoms with van der Waals surface area (Å²) < 4.78 is 47.0. The summed E-state index contributed by atoms with van der Waals surface area (Å²) in [6, 6.07) is 12.0. The zero-order valence-corrected chi connectivity index (χ0v) is 20.7. The number of rotatable bonds is 7. The average molecular weight is 521 g/mol. The number of fused-ring (bicyclic) bond motifs is 4. The number of hydrogen-bond acceptors (Lipinski definition) is 7. The summed E-state index contributed by atoms with van der Waals surface area (Å²) in [5.41, 5.74) is 3.13. The smallest absolute Gasteiger partial charge is 0.488 e. The summed E-state index contributed by atoms with van der Waals surface area (Å²) in [5.74, 6) is 0.0459. The lowest BCUT2D eigenvalue weighted by Crippen LogP contribution is -2.12. The van der Waals surface area contributed by atoms with Crippen molar-refractivity contribution in [2.45, 2.75) is 26.3 Å². The van der Waals surface area contributed by atoms with Crippen LogP contribution >= 0.6 is 0 Å². The van der Waals surface area contributed by atoms with Gasteiger partial charge in [0.2, 0.25) is 0 Å². The van der Waals surface area contributed by atoms with Gasteiger partial charge in [-0.15, -0.1) is 0 Å². The molecule has 0 spiro atoms. The van der Waals surface area contributed by atoms with Gasteiger partial charge < -0.3 is 18.5 Å². The molecule has 0 amide bonds. The highest BCUT2D eigenvalue weighted by Crippen LogP contribution is 2.36. The quantitative estimate of drug-likeness (QED) is 0.300. The Bertz CT molecular complexity index is 1900. The minimum Gasteiger partial charge on any atom is -0.496 e. The number of aromatic nitrogens is 3. The van der Waals surface area contributed by atoms with Crippen LogP contribution in [0.3, 0.4) is 0 Å². The van der Waals surface area contributed by atoms with E-state index < -0.39 is 10.5 Å². The number of aryl methyl sites for hydroxylation is 1. The lowest BCUT2D eigenvalue weighted by Gasteiger charge is -2.16. The fraction of sp³-hybridized carbons (Fsp3) is 0.192. The number of hydrogen-bond donors (Lipinski definition) is 1. The van der Waals surface area contributed by atoms with Gasteiger partial charge in [-0.25, -0.2) is 0 Å². The second kappa shape index (κ2) is 9.22. The second-order valence-electron chi connectivity index (χ2n) is 8.51. The van der Waals surface area contributed by atoms with Crippen molar-refractivity contribution in [3.8, 4) is 28.7 Å². The van der Waals surface area contributed by atoms with Crippen LogP contribution in [0.15, 0.2) is 53.6 Å². The first kappa shape index (κ1) is 24.3. The number of halogens is 1. The molecule has 2 aromatic carbocycles. The van der Waals surface area contributed by atoms with Gasteiger partial charge in [0.05, 0.1) is 41.2 Å². The van der Waals surface area contributed by atoms with E-state index in [1.165, 1.54) is 19.4 Å². The maximum Gasteiger partial charge on any atom is 0.488 e. The van der Waals surface area contributed by atoms with E-state index in [9.17, 15) is 22.4 Å². The van der Waals surface area contributed by atoms with Gasteiger partial charge in [0, 0.05) is 34.8 Å². The molecule has 11 heteroatoms. The Morgan fingerprint density at radius 1 is 1.16 bits per heavy atom. The van der Waals surface area contributed by atoms with Gasteiger partial charge in [-0.2, -0.15) is 13.7 Å². The number of nitrogens with one attached hydrogen (secondary N) is 1. The second-order valence-corrected chi connectivity index (χ2v) is 9.46. The standard InChI is InChI=1S/C26H21FN4O5S/c1-3-4-7-31-22-10-19(16-9-17(14-29-13-16)36-37(27,33)34)23(35-2)11-20(22)25(32)24-18-6-5-15(12-28)8-21(18)30-26(24)31/h5-6,8-11,13-14,30H,3-4,7H2,1-2H3. The van der Waals surface area contributed by atoms with Crippen LogP contribution in [-0.2, 0) is 17.0 Å². The van der Waals surface area contributed by atoms with Crippen molar-refractivity contribution < 1.29 is 21.2 Å². The molecule has 9 nitrogen and oxygen atoms in total. The fourth-order valence-corrected chi connectivity index (χ4v) is 4.90. The van der Waals surface area contributed by atoms with Gasteiger partial charge in [-0.05, 0) is 36.8 Å². The van der Waals surface area contributed by atoms with E-state index in [4.69, 9.17) is 4.74 Å². The lowest BCUT2D eigenvalue weighted by atomic mass is 10.0. The van der Waals surface area contributed by atoms with Crippen LogP contribution in [0.25, 0.3) is 44.0 Å². The van der Waals surface area contributed by atoms with Crippen molar-refractivity contribution in [2.24, 2.45) is 0 Å². The Morgan fingerprint density at radius 3 is 2.68 bits per heavy atom. The van der Waals surface area contributed by atoms with Gasteiger partial charge in [-0.1, -0.05) is 23.3 Å². The summed E-state index contributed by atoms with van der Waals surface area (Å²) >= 11 is 0. The molecule has 0 aliphatic carbocycles. The van der Waals surface area contributed by atoms with Gasteiger partial charge in [0.15, 0.2) is 11.2 Å². The molecule has 3 aromatic heterocycles. The third-order valence-corrected chi connectivity index (χ3v) is 6.60. The molecule has 0 aliphatic rings. The first-order valence-electron chi connectivity index (χ1n) is 11.4. The van der Waals surface area contributed by atoms with E-state index >= 15 is 0 Å². The third-order valence-electron chi connectivity index (χ3n) is 6.21. The number of benzene rings is 2. The molecule has 3 heterocycles. The largest absolute Gasteiger partial charge is 0.496 e. The van der Waals surface area contributed by atoms with Gasteiger partial charge in [0.1, 0.15) is 11.4 Å². The molecule has 0 unspecified atom stereocenters. The number of pyridine rings is 2. The first-order chi connectivity index (χ1) is 17.7. The van der Waals surface area contributed by atoms with Gasteiger partial charge in [0.25, 0.3) is 0 Å². The molecule has 0 radical (unpaired) electrons. The van der Waals surface area contributed by atoms with E-state index in [2.05, 4.69) is 27.1 Å². The van der Waals surface area contributed by atoms with Crippen LogP contribution in [0.2, 0.25) is 0 Å². The molecule has 0 saturated carbocycles. The Hall–Kier alpha value is -4.43. The van der Waals surface area contributed by atoms with Crippen LogP contribution in [-0.4, -0.2) is 30.1 Å². The van der Waals surface area contributed by atoms with Crippen LogP contribution in [0, 0.1) is 11.3 Å². The van der Waals surface area contributed by atoms with Crippen molar-refractivity contribution >= 4 is 43.3 Å². The summed E-state index contributed by atoms with van der Waals surface area (Å²) in [7, 11) is -3.78. The normalized spacial score (nSPS) is 11.7. The molecule has 0 atom stereocenters. The highest BCUT2D eigenvalue weighted by atomic mass is 32.3. The Balaban J connectivity index is 1.84. The molecule has 0 saturated heterocycles. The van der Waals surface area contributed by atoms with Crippen LogP contribution in [0.4, 0.5) is 3.89 Å². The van der Waals surface area contributed by atoms with E-state index in [-0.39, 0.29) is 11.2 Å². The monoisotopic (exact) mass is 520 g/mol. The summed E-state index contributed by atoms with van der Waals surface area (Å²) in [4.78, 5) is 21.1. The van der Waals surface area contributed by atoms with E-state index in [1.807, 2.05) is 4.57 Å². The third kappa shape index (κ3) is 4.36. The predicted octanol–water partition coefficient (Wildman–Crippen LogP) is 4.97. The SMILES string of the molecule is CCCCn1c2cc(-c3cncc(OS(=O)(=O)F)c3)c(OC)cc2c(=O)c2c3ccc(C#N)cc3[nH]c21. The van der Waals surface area contributed by atoms with Crippen molar-refractivity contribution in [1.82, 2.24) is 14.5 Å². The zero-order valence-electron chi connectivity index (χ0n) is 19.9. The van der Waals surface area contributed by atoms with Crippen molar-refractivity contribution in [3.63, 3.8) is 0 Å². The van der Waals surface area contributed by atoms with Crippen LogP contribution < -0.4 is 14.3 Å². The maximum atomic E-state index is 13.8. The minimum atomic E-state index is -5.23. The molecular weight excluding hydrogens is 499 g/mol. The maximum absolute atomic E-state index is 13.8. The molecule has 5 aromatic rings. The molecule has 1 N–H and O–H groups in total. The molecular formula is C26H21FN4O5S. The lowest BCUT2D eigenvalue weighted by molar-refractivity contribution is 0.417. The number of unbranched alkanes of at least 4 members (excludes halogenated alkanes) is 1. The van der Waals surface area contributed by atoms with Crippen molar-refractivity contribution in [2.75, 3.05) is 7.11 Å². The number of methoxy groups -OCH3 is 1. The highest BCUT2D eigenvalue weighted by molar-refractivity contribution is 7.81. The van der Waals surface area contributed by atoms with E-state index in [0.717, 1.165) is 24.4 Å². The fourth-order valence-electron chi connectivity index (χ4n) is 4.58. The van der Waals surface area contributed by atoms with Gasteiger partial charge >= 0.3 is 10.5 Å². The Kier molecular flexibility index (Phi) is 6.05. The summed E-state index contributed by atoms with van der Waals surface area (Å²) in [6.45, 7) is 2.67. The molecule has 0 fully saturated rings. The summed E-state index contributed by atoms with van der Waals surface area (Å²) in [6.07, 6.45) is 4.29. The van der Waals surface area contributed by atoms with E-state index in [0.29, 0.717) is 56.4 Å².